The molecule has 1 atom stereocenters. The average Bonchev–Trinajstić information content (AvgIpc) is 2.70. The molecule has 7 heteroatoms. The van der Waals surface area contributed by atoms with Crippen molar-refractivity contribution in [3.8, 4) is 0 Å². The van der Waals surface area contributed by atoms with Gasteiger partial charge in [0.1, 0.15) is 5.52 Å². The van der Waals surface area contributed by atoms with Crippen molar-refractivity contribution in [3.05, 3.63) is 24.3 Å². The molecule has 0 aliphatic rings. The SMILES string of the molecule is NCC(CSc1nc2ccccc2o1)C(F)(F)F. The highest BCUT2D eigenvalue weighted by Crippen LogP contribution is 2.31. The summed E-state index contributed by atoms with van der Waals surface area (Å²) in [6.45, 7) is -0.434. The number of alkyl halides is 3. The van der Waals surface area contributed by atoms with Crippen LogP contribution in [-0.4, -0.2) is 23.5 Å². The van der Waals surface area contributed by atoms with E-state index in [1.54, 1.807) is 24.3 Å². The number of nitrogens with zero attached hydrogens (tertiary/aromatic N) is 1. The zero-order valence-electron chi connectivity index (χ0n) is 9.28. The first kappa shape index (κ1) is 13.2. The van der Waals surface area contributed by atoms with Gasteiger partial charge in [-0.3, -0.25) is 0 Å². The number of nitrogens with two attached hydrogens (primary N) is 1. The van der Waals surface area contributed by atoms with Crippen molar-refractivity contribution in [1.29, 1.82) is 0 Å². The van der Waals surface area contributed by atoms with Crippen LogP contribution >= 0.6 is 11.8 Å². The summed E-state index contributed by atoms with van der Waals surface area (Å²) in [6, 6.07) is 7.03. The fraction of sp³-hybridized carbons (Fsp3) is 0.364. The minimum absolute atomic E-state index is 0.188. The van der Waals surface area contributed by atoms with E-state index in [4.69, 9.17) is 10.2 Å². The van der Waals surface area contributed by atoms with Crippen LogP contribution in [0.1, 0.15) is 0 Å². The predicted molar refractivity (Wildman–Crippen MR) is 63.3 cm³/mol. The summed E-state index contributed by atoms with van der Waals surface area (Å²) < 4.78 is 42.8. The highest BCUT2D eigenvalue weighted by atomic mass is 32.2. The van der Waals surface area contributed by atoms with Gasteiger partial charge in [-0.15, -0.1) is 0 Å². The highest BCUT2D eigenvalue weighted by Gasteiger charge is 2.38. The Morgan fingerprint density at radius 3 is 2.67 bits per heavy atom. The van der Waals surface area contributed by atoms with Crippen molar-refractivity contribution >= 4 is 22.9 Å². The first-order valence-corrected chi connectivity index (χ1v) is 6.24. The number of oxazole rings is 1. The third-order valence-electron chi connectivity index (χ3n) is 2.43. The van der Waals surface area contributed by atoms with Crippen molar-refractivity contribution in [2.75, 3.05) is 12.3 Å². The average molecular weight is 276 g/mol. The number of hydrogen-bond donors (Lipinski definition) is 1. The molecule has 1 aromatic carbocycles. The van der Waals surface area contributed by atoms with Crippen molar-refractivity contribution in [1.82, 2.24) is 4.98 Å². The number of hydrogen-bond acceptors (Lipinski definition) is 4. The fourth-order valence-electron chi connectivity index (χ4n) is 1.38. The van der Waals surface area contributed by atoms with E-state index in [1.165, 1.54) is 0 Å². The predicted octanol–water partition coefficient (Wildman–Crippen LogP) is 3.06. The summed E-state index contributed by atoms with van der Waals surface area (Å²) in [7, 11) is 0. The Morgan fingerprint density at radius 1 is 1.33 bits per heavy atom. The molecule has 0 fully saturated rings. The Morgan fingerprint density at radius 2 is 2.06 bits per heavy atom. The number of para-hydroxylation sites is 2. The molecule has 0 aliphatic heterocycles. The molecule has 3 nitrogen and oxygen atoms in total. The number of rotatable bonds is 4. The van der Waals surface area contributed by atoms with Crippen LogP contribution < -0.4 is 5.73 Å². The van der Waals surface area contributed by atoms with Crippen LogP contribution in [0.15, 0.2) is 33.9 Å². The second kappa shape index (κ2) is 5.19. The van der Waals surface area contributed by atoms with Gasteiger partial charge in [-0.1, -0.05) is 23.9 Å². The molecule has 0 saturated carbocycles. The fourth-order valence-corrected chi connectivity index (χ4v) is 2.36. The van der Waals surface area contributed by atoms with E-state index < -0.39 is 18.6 Å². The summed E-state index contributed by atoms with van der Waals surface area (Å²) >= 11 is 0.928. The van der Waals surface area contributed by atoms with E-state index in [0.29, 0.717) is 11.1 Å². The lowest BCUT2D eigenvalue weighted by Gasteiger charge is -2.16. The third kappa shape index (κ3) is 2.97. The molecule has 2 N–H and O–H groups in total. The Hall–Kier alpha value is -1.21. The van der Waals surface area contributed by atoms with Gasteiger partial charge in [0.15, 0.2) is 5.58 Å². The Balaban J connectivity index is 2.05. The normalized spacial score (nSPS) is 14.0. The minimum atomic E-state index is -4.28. The number of benzene rings is 1. The summed E-state index contributed by atoms with van der Waals surface area (Å²) in [5.41, 5.74) is 6.32. The standard InChI is InChI=1S/C11H11F3N2OS/c12-11(13,14)7(5-15)6-18-10-16-8-3-1-2-4-9(8)17-10/h1-4,7H,5-6,15H2. The van der Waals surface area contributed by atoms with Crippen molar-refractivity contribution in [2.24, 2.45) is 11.7 Å². The van der Waals surface area contributed by atoms with Gasteiger partial charge in [-0.05, 0) is 12.1 Å². The Labute approximate surface area is 106 Å². The molecule has 0 amide bonds. The number of fused-ring (bicyclic) bond motifs is 1. The second-order valence-electron chi connectivity index (χ2n) is 3.73. The Bertz CT molecular complexity index is 493. The molecule has 2 aromatic rings. The maximum absolute atomic E-state index is 12.5. The van der Waals surface area contributed by atoms with Crippen LogP contribution in [0.25, 0.3) is 11.1 Å². The van der Waals surface area contributed by atoms with Gasteiger partial charge in [0.25, 0.3) is 5.22 Å². The molecule has 0 saturated heterocycles. The van der Waals surface area contributed by atoms with Crippen LogP contribution in [0, 0.1) is 5.92 Å². The molecule has 98 valence electrons. The molecule has 1 heterocycles. The minimum Gasteiger partial charge on any atom is -0.431 e. The molecule has 0 spiro atoms. The zero-order valence-corrected chi connectivity index (χ0v) is 10.1. The molecule has 0 bridgehead atoms. The summed E-state index contributed by atoms with van der Waals surface area (Å²) in [4.78, 5) is 4.09. The van der Waals surface area contributed by atoms with E-state index in [1.807, 2.05) is 0 Å². The molecule has 0 aliphatic carbocycles. The monoisotopic (exact) mass is 276 g/mol. The second-order valence-corrected chi connectivity index (χ2v) is 4.70. The molecule has 1 unspecified atom stereocenters. The molecular weight excluding hydrogens is 265 g/mol. The van der Waals surface area contributed by atoms with Crippen molar-refractivity contribution < 1.29 is 17.6 Å². The lowest BCUT2D eigenvalue weighted by Crippen LogP contribution is -2.32. The van der Waals surface area contributed by atoms with E-state index >= 15 is 0 Å². The summed E-state index contributed by atoms with van der Waals surface area (Å²) in [5.74, 6) is -1.73. The van der Waals surface area contributed by atoms with Gasteiger partial charge in [-0.2, -0.15) is 13.2 Å². The third-order valence-corrected chi connectivity index (χ3v) is 3.42. The first-order valence-electron chi connectivity index (χ1n) is 5.26. The number of aromatic nitrogens is 1. The highest BCUT2D eigenvalue weighted by molar-refractivity contribution is 7.99. The topological polar surface area (TPSA) is 52.0 Å². The summed E-state index contributed by atoms with van der Waals surface area (Å²) in [6.07, 6.45) is -4.28. The van der Waals surface area contributed by atoms with Gasteiger partial charge in [0.05, 0.1) is 5.92 Å². The van der Waals surface area contributed by atoms with E-state index in [-0.39, 0.29) is 11.0 Å². The molecule has 2 rings (SSSR count). The van der Waals surface area contributed by atoms with Crippen molar-refractivity contribution in [2.45, 2.75) is 11.4 Å². The van der Waals surface area contributed by atoms with E-state index in [2.05, 4.69) is 4.98 Å². The largest absolute Gasteiger partial charge is 0.431 e. The van der Waals surface area contributed by atoms with Crippen molar-refractivity contribution in [3.63, 3.8) is 0 Å². The Kier molecular flexibility index (Phi) is 3.82. The molecule has 18 heavy (non-hydrogen) atoms. The summed E-state index contributed by atoms with van der Waals surface area (Å²) in [5, 5.41) is 0.235. The maximum Gasteiger partial charge on any atom is 0.393 e. The lowest BCUT2D eigenvalue weighted by atomic mass is 10.2. The maximum atomic E-state index is 12.5. The van der Waals surface area contributed by atoms with Crippen LogP contribution in [0.3, 0.4) is 0 Å². The number of halogens is 3. The quantitative estimate of drug-likeness (QED) is 0.872. The first-order chi connectivity index (χ1) is 8.50. The molecular formula is C11H11F3N2OS. The molecule has 0 radical (unpaired) electrons. The van der Waals surface area contributed by atoms with E-state index in [9.17, 15) is 13.2 Å². The zero-order chi connectivity index (χ0) is 13.2. The van der Waals surface area contributed by atoms with E-state index in [0.717, 1.165) is 11.8 Å². The van der Waals surface area contributed by atoms with Gasteiger partial charge < -0.3 is 10.2 Å². The van der Waals surface area contributed by atoms with Gasteiger partial charge in [0.2, 0.25) is 0 Å². The van der Waals surface area contributed by atoms with Crippen LogP contribution in [0.2, 0.25) is 0 Å². The lowest BCUT2D eigenvalue weighted by molar-refractivity contribution is -0.165. The van der Waals surface area contributed by atoms with Crippen LogP contribution in [0.5, 0.6) is 0 Å². The van der Waals surface area contributed by atoms with Crippen LogP contribution in [0.4, 0.5) is 13.2 Å². The smallest absolute Gasteiger partial charge is 0.393 e. The number of thioether (sulfide) groups is 1. The molecule has 1 aromatic heterocycles. The van der Waals surface area contributed by atoms with Gasteiger partial charge in [0, 0.05) is 12.3 Å². The van der Waals surface area contributed by atoms with Crippen LogP contribution in [-0.2, 0) is 0 Å². The van der Waals surface area contributed by atoms with Gasteiger partial charge >= 0.3 is 6.18 Å². The van der Waals surface area contributed by atoms with Gasteiger partial charge in [-0.25, -0.2) is 4.98 Å².